The lowest BCUT2D eigenvalue weighted by atomic mass is 10.2. The normalized spacial score (nSPS) is 22.8. The van der Waals surface area contributed by atoms with Crippen LogP contribution in [-0.2, 0) is 0 Å². The van der Waals surface area contributed by atoms with E-state index in [4.69, 9.17) is 0 Å². The van der Waals surface area contributed by atoms with Gasteiger partial charge in [-0.25, -0.2) is 0 Å². The van der Waals surface area contributed by atoms with Crippen LogP contribution in [0.5, 0.6) is 0 Å². The van der Waals surface area contributed by atoms with Crippen molar-refractivity contribution in [2.45, 2.75) is 13.8 Å². The first kappa shape index (κ1) is 10.9. The van der Waals surface area contributed by atoms with Gasteiger partial charge in [-0.2, -0.15) is 0 Å². The average Bonchev–Trinajstić information content (AvgIpc) is 1.79. The van der Waals surface area contributed by atoms with Crippen LogP contribution in [0, 0.1) is 0 Å². The molecule has 0 nitrogen and oxygen atoms in total. The molecule has 0 fully saturated rings. The Kier molecular flexibility index (Phi) is 3.85. The topological polar surface area (TPSA) is 0 Å². The molecule has 0 aromatic carbocycles. The first-order valence-corrected chi connectivity index (χ1v) is 6.54. The summed E-state index contributed by atoms with van der Waals surface area (Å²) >= 11 is 0. The summed E-state index contributed by atoms with van der Waals surface area (Å²) in [5.74, 6) is 0. The molecular formula is C8H16IP. The van der Waals surface area contributed by atoms with Gasteiger partial charge < -0.3 is 24.0 Å². The zero-order valence-electron chi connectivity index (χ0n) is 7.24. The first-order chi connectivity index (χ1) is 4.01. The molecule has 1 aliphatic rings. The van der Waals surface area contributed by atoms with E-state index >= 15 is 0 Å². The van der Waals surface area contributed by atoms with Gasteiger partial charge in [0.15, 0.2) is 0 Å². The molecule has 0 aromatic heterocycles. The van der Waals surface area contributed by atoms with Gasteiger partial charge in [-0.1, -0.05) is 0 Å². The molecule has 0 aromatic rings. The van der Waals surface area contributed by atoms with E-state index in [9.17, 15) is 0 Å². The summed E-state index contributed by atoms with van der Waals surface area (Å²) in [6.45, 7) is 9.47. The van der Waals surface area contributed by atoms with Crippen LogP contribution in [0.15, 0.2) is 11.1 Å². The predicted molar refractivity (Wildman–Crippen MR) is 46.9 cm³/mol. The Balaban J connectivity index is 0.000000810. The third-order valence-corrected chi connectivity index (χ3v) is 4.72. The highest BCUT2D eigenvalue weighted by Gasteiger charge is 2.32. The molecule has 1 heterocycles. The van der Waals surface area contributed by atoms with Gasteiger partial charge in [0, 0.05) is 20.6 Å². The minimum atomic E-state index is -0.480. The highest BCUT2D eigenvalue weighted by Crippen LogP contribution is 2.58. The summed E-state index contributed by atoms with van der Waals surface area (Å²) in [6.07, 6.45) is 2.83. The van der Waals surface area contributed by atoms with Gasteiger partial charge in [0.05, 0.1) is 12.3 Å². The third-order valence-electron chi connectivity index (χ3n) is 2.06. The van der Waals surface area contributed by atoms with Crippen LogP contribution in [0.4, 0.5) is 0 Å². The maximum Gasteiger partial charge on any atom is 0.0801 e. The standard InChI is InChI=1S/C8H16P.HI/c1-7-5-9(3,4)6-8(7)2;/h5-6H2,1-4H3;1H/q+1;/p-1. The van der Waals surface area contributed by atoms with Gasteiger partial charge in [0.25, 0.3) is 0 Å². The number of allylic oxidation sites excluding steroid dienone is 2. The van der Waals surface area contributed by atoms with Crippen LogP contribution in [-0.4, -0.2) is 25.7 Å². The summed E-state index contributed by atoms with van der Waals surface area (Å²) in [4.78, 5) is 0. The Morgan fingerprint density at radius 2 is 1.30 bits per heavy atom. The van der Waals surface area contributed by atoms with Crippen LogP contribution >= 0.6 is 7.26 Å². The van der Waals surface area contributed by atoms with Crippen LogP contribution < -0.4 is 24.0 Å². The molecule has 0 atom stereocenters. The van der Waals surface area contributed by atoms with Gasteiger partial charge in [0.1, 0.15) is 0 Å². The average molecular weight is 270 g/mol. The summed E-state index contributed by atoms with van der Waals surface area (Å²) in [5, 5.41) is 0. The molecule has 0 radical (unpaired) electrons. The second-order valence-electron chi connectivity index (χ2n) is 3.81. The fourth-order valence-electron chi connectivity index (χ4n) is 1.61. The lowest BCUT2D eigenvalue weighted by molar-refractivity contribution is -0.00000231. The molecule has 0 spiro atoms. The molecule has 0 saturated heterocycles. The van der Waals surface area contributed by atoms with Crippen LogP contribution in [0.1, 0.15) is 13.8 Å². The highest BCUT2D eigenvalue weighted by atomic mass is 127. The molecule has 0 N–H and O–H groups in total. The molecule has 2 heteroatoms. The van der Waals surface area contributed by atoms with E-state index < -0.39 is 7.26 Å². The van der Waals surface area contributed by atoms with E-state index in [0.29, 0.717) is 0 Å². The van der Waals surface area contributed by atoms with Crippen LogP contribution in [0.25, 0.3) is 0 Å². The fourth-order valence-corrected chi connectivity index (χ4v) is 4.83. The highest BCUT2D eigenvalue weighted by molar-refractivity contribution is 7.75. The van der Waals surface area contributed by atoms with Crippen molar-refractivity contribution in [3.8, 4) is 0 Å². The summed E-state index contributed by atoms with van der Waals surface area (Å²) in [6, 6.07) is 0. The molecule has 0 unspecified atom stereocenters. The molecule has 0 saturated carbocycles. The lowest BCUT2D eigenvalue weighted by Gasteiger charge is -2.08. The van der Waals surface area contributed by atoms with E-state index in [0.717, 1.165) is 0 Å². The van der Waals surface area contributed by atoms with Gasteiger partial charge in [-0.05, 0) is 25.0 Å². The summed E-state index contributed by atoms with van der Waals surface area (Å²) in [5.41, 5.74) is 3.32. The van der Waals surface area contributed by atoms with Gasteiger partial charge in [-0.3, -0.25) is 0 Å². The Hall–Kier alpha value is 0.900. The first-order valence-electron chi connectivity index (χ1n) is 3.48. The molecular weight excluding hydrogens is 254 g/mol. The van der Waals surface area contributed by atoms with Crippen molar-refractivity contribution in [1.29, 1.82) is 0 Å². The molecule has 60 valence electrons. The van der Waals surface area contributed by atoms with E-state index in [1.54, 1.807) is 11.1 Å². The van der Waals surface area contributed by atoms with Gasteiger partial charge in [0.2, 0.25) is 0 Å². The van der Waals surface area contributed by atoms with Crippen molar-refractivity contribution in [3.63, 3.8) is 0 Å². The number of rotatable bonds is 0. The van der Waals surface area contributed by atoms with E-state index in [-0.39, 0.29) is 24.0 Å². The molecule has 1 aliphatic heterocycles. The van der Waals surface area contributed by atoms with E-state index in [1.807, 2.05) is 0 Å². The molecule has 0 aliphatic carbocycles. The van der Waals surface area contributed by atoms with Crippen molar-refractivity contribution < 1.29 is 24.0 Å². The second-order valence-corrected chi connectivity index (χ2v) is 8.32. The fraction of sp³-hybridized carbons (Fsp3) is 0.750. The van der Waals surface area contributed by atoms with Crippen molar-refractivity contribution in [1.82, 2.24) is 0 Å². The monoisotopic (exact) mass is 270 g/mol. The number of hydrogen-bond donors (Lipinski definition) is 0. The molecule has 10 heavy (non-hydrogen) atoms. The van der Waals surface area contributed by atoms with Crippen LogP contribution in [0.3, 0.4) is 0 Å². The largest absolute Gasteiger partial charge is 1.00 e. The van der Waals surface area contributed by atoms with Gasteiger partial charge in [-0.15, -0.1) is 0 Å². The zero-order chi connectivity index (χ0) is 7.07. The third kappa shape index (κ3) is 2.50. The Morgan fingerprint density at radius 1 is 1.00 bits per heavy atom. The van der Waals surface area contributed by atoms with Gasteiger partial charge >= 0.3 is 0 Å². The minimum Gasteiger partial charge on any atom is -1.00 e. The predicted octanol–water partition coefficient (Wildman–Crippen LogP) is -0.382. The smallest absolute Gasteiger partial charge is 0.0801 e. The van der Waals surface area contributed by atoms with Crippen molar-refractivity contribution in [2.75, 3.05) is 25.7 Å². The van der Waals surface area contributed by atoms with Crippen molar-refractivity contribution in [3.05, 3.63) is 11.1 Å². The Labute approximate surface area is 81.8 Å². The minimum absolute atomic E-state index is 0. The maximum absolute atomic E-state index is 2.45. The van der Waals surface area contributed by atoms with Crippen LogP contribution in [0.2, 0.25) is 0 Å². The SMILES string of the molecule is CC1=C(C)C[P+](C)(C)C1.[I-]. The molecule has 0 bridgehead atoms. The second kappa shape index (κ2) is 3.53. The van der Waals surface area contributed by atoms with Crippen molar-refractivity contribution >= 4 is 7.26 Å². The summed E-state index contributed by atoms with van der Waals surface area (Å²) in [7, 11) is -0.480. The summed E-state index contributed by atoms with van der Waals surface area (Å²) < 4.78 is 0. The maximum atomic E-state index is 2.45. The number of hydrogen-bond acceptors (Lipinski definition) is 0. The van der Waals surface area contributed by atoms with E-state index in [1.165, 1.54) is 12.3 Å². The van der Waals surface area contributed by atoms with Crippen molar-refractivity contribution in [2.24, 2.45) is 0 Å². The zero-order valence-corrected chi connectivity index (χ0v) is 10.3. The molecule has 0 amide bonds. The lowest BCUT2D eigenvalue weighted by Crippen LogP contribution is -3.00. The Bertz CT molecular complexity index is 143. The quantitative estimate of drug-likeness (QED) is 0.320. The van der Waals surface area contributed by atoms with E-state index in [2.05, 4.69) is 27.2 Å². The number of halogens is 1. The Morgan fingerprint density at radius 3 is 1.40 bits per heavy atom. The molecule has 1 rings (SSSR count).